The highest BCUT2D eigenvalue weighted by Gasteiger charge is 2.14. The van der Waals surface area contributed by atoms with Gasteiger partial charge in [0.25, 0.3) is 5.56 Å². The van der Waals surface area contributed by atoms with E-state index in [0.717, 1.165) is 16.6 Å². The van der Waals surface area contributed by atoms with Crippen molar-refractivity contribution in [3.63, 3.8) is 0 Å². The van der Waals surface area contributed by atoms with E-state index in [1.54, 1.807) is 28.8 Å². The topological polar surface area (TPSA) is 60.7 Å². The molecular weight excluding hydrogens is 352 g/mol. The first-order valence-electron chi connectivity index (χ1n) is 6.93. The molecule has 2 heterocycles. The van der Waals surface area contributed by atoms with E-state index in [-0.39, 0.29) is 5.56 Å². The highest BCUT2D eigenvalue weighted by molar-refractivity contribution is 8.00. The Morgan fingerprint density at radius 3 is 2.96 bits per heavy atom. The summed E-state index contributed by atoms with van der Waals surface area (Å²) < 4.78 is 6.60. The van der Waals surface area contributed by atoms with E-state index in [1.807, 2.05) is 6.92 Å². The Kier molecular flexibility index (Phi) is 4.79. The van der Waals surface area contributed by atoms with Crippen molar-refractivity contribution >= 4 is 45.8 Å². The first-order chi connectivity index (χ1) is 11.1. The van der Waals surface area contributed by atoms with Crippen molar-refractivity contribution in [2.75, 3.05) is 0 Å². The average Bonchev–Trinajstić information content (AvgIpc) is 2.98. The summed E-state index contributed by atoms with van der Waals surface area (Å²) in [5, 5.41) is 1.64. The Morgan fingerprint density at radius 2 is 2.26 bits per heavy atom. The summed E-state index contributed by atoms with van der Waals surface area (Å²) >= 11 is 8.65. The number of hydrogen-bond donors (Lipinski definition) is 0. The van der Waals surface area contributed by atoms with Gasteiger partial charge in [-0.15, -0.1) is 6.58 Å². The van der Waals surface area contributed by atoms with Gasteiger partial charge in [0, 0.05) is 18.0 Å². The Hall–Kier alpha value is -1.70. The highest BCUT2D eigenvalue weighted by Crippen LogP contribution is 2.28. The van der Waals surface area contributed by atoms with Crippen molar-refractivity contribution in [3.05, 3.63) is 52.1 Å². The van der Waals surface area contributed by atoms with E-state index in [9.17, 15) is 4.79 Å². The standard InChI is InChI=1S/C15H13ClN4OS2/c1-3-7-20-13(21)10-6-5-9(16)8-11(10)17-14(20)22-15-18-12(4-2)19-23-15/h3,5-6,8H,1,4,7H2,2H3. The summed E-state index contributed by atoms with van der Waals surface area (Å²) in [6.45, 7) is 6.10. The Morgan fingerprint density at radius 1 is 1.43 bits per heavy atom. The maximum atomic E-state index is 12.7. The van der Waals surface area contributed by atoms with Crippen LogP contribution in [0.25, 0.3) is 10.9 Å². The molecule has 0 unspecified atom stereocenters. The van der Waals surface area contributed by atoms with Crippen molar-refractivity contribution in [1.82, 2.24) is 18.9 Å². The molecule has 0 amide bonds. The molecule has 0 aliphatic carbocycles. The quantitative estimate of drug-likeness (QED) is 0.509. The lowest BCUT2D eigenvalue weighted by molar-refractivity contribution is 0.671. The molecule has 8 heteroatoms. The van der Waals surface area contributed by atoms with Gasteiger partial charge in [-0.2, -0.15) is 4.37 Å². The van der Waals surface area contributed by atoms with E-state index in [0.29, 0.717) is 27.6 Å². The lowest BCUT2D eigenvalue weighted by Crippen LogP contribution is -2.22. The Balaban J connectivity index is 2.14. The third-order valence-corrected chi connectivity index (χ3v) is 5.16. The summed E-state index contributed by atoms with van der Waals surface area (Å²) in [6, 6.07) is 5.08. The van der Waals surface area contributed by atoms with Crippen molar-refractivity contribution in [3.8, 4) is 0 Å². The second-order valence-electron chi connectivity index (χ2n) is 4.69. The third-order valence-electron chi connectivity index (χ3n) is 3.14. The Labute approximate surface area is 146 Å². The molecule has 3 aromatic rings. The zero-order valence-corrected chi connectivity index (χ0v) is 14.7. The second-order valence-corrected chi connectivity index (χ2v) is 7.10. The van der Waals surface area contributed by atoms with Crippen LogP contribution in [0.15, 0.2) is 45.1 Å². The number of hydrogen-bond acceptors (Lipinski definition) is 6. The predicted molar refractivity (Wildman–Crippen MR) is 94.6 cm³/mol. The maximum Gasteiger partial charge on any atom is 0.262 e. The van der Waals surface area contributed by atoms with Crippen LogP contribution in [0, 0.1) is 0 Å². The van der Waals surface area contributed by atoms with Gasteiger partial charge < -0.3 is 0 Å². The van der Waals surface area contributed by atoms with Crippen LogP contribution in [0.1, 0.15) is 12.7 Å². The molecular formula is C15H13ClN4OS2. The molecule has 2 aromatic heterocycles. The molecule has 0 aliphatic heterocycles. The fraction of sp³-hybridized carbons (Fsp3) is 0.200. The maximum absolute atomic E-state index is 12.7. The molecule has 0 atom stereocenters. The fourth-order valence-corrected chi connectivity index (χ4v) is 3.91. The number of halogens is 1. The van der Waals surface area contributed by atoms with Gasteiger partial charge in [0.1, 0.15) is 5.82 Å². The number of benzene rings is 1. The molecule has 0 radical (unpaired) electrons. The van der Waals surface area contributed by atoms with E-state index in [1.165, 1.54) is 23.3 Å². The number of aromatic nitrogens is 4. The summed E-state index contributed by atoms with van der Waals surface area (Å²) in [5.41, 5.74) is 0.458. The van der Waals surface area contributed by atoms with Crippen molar-refractivity contribution in [2.24, 2.45) is 0 Å². The highest BCUT2D eigenvalue weighted by atomic mass is 35.5. The van der Waals surface area contributed by atoms with Crippen molar-refractivity contribution in [2.45, 2.75) is 29.4 Å². The van der Waals surface area contributed by atoms with Gasteiger partial charge in [0.05, 0.1) is 10.9 Å². The van der Waals surface area contributed by atoms with Crippen LogP contribution in [-0.4, -0.2) is 18.9 Å². The lowest BCUT2D eigenvalue weighted by Gasteiger charge is -2.10. The largest absolute Gasteiger partial charge is 0.283 e. The number of allylic oxidation sites excluding steroid dienone is 1. The first-order valence-corrected chi connectivity index (χ1v) is 8.90. The van der Waals surface area contributed by atoms with Gasteiger partial charge in [-0.05, 0) is 41.5 Å². The minimum atomic E-state index is -0.116. The van der Waals surface area contributed by atoms with E-state index in [4.69, 9.17) is 11.6 Å². The minimum absolute atomic E-state index is 0.116. The smallest absolute Gasteiger partial charge is 0.262 e. The third kappa shape index (κ3) is 3.31. The lowest BCUT2D eigenvalue weighted by atomic mass is 10.2. The van der Waals surface area contributed by atoms with Crippen LogP contribution in [0.5, 0.6) is 0 Å². The van der Waals surface area contributed by atoms with Gasteiger partial charge >= 0.3 is 0 Å². The van der Waals surface area contributed by atoms with Crippen LogP contribution in [0.3, 0.4) is 0 Å². The number of nitrogens with zero attached hydrogens (tertiary/aromatic N) is 4. The number of aryl methyl sites for hydroxylation is 1. The summed E-state index contributed by atoms with van der Waals surface area (Å²) in [6.07, 6.45) is 2.45. The summed E-state index contributed by atoms with van der Waals surface area (Å²) in [5.74, 6) is 0.791. The molecule has 0 saturated heterocycles. The van der Waals surface area contributed by atoms with E-state index in [2.05, 4.69) is 20.9 Å². The molecule has 118 valence electrons. The molecule has 0 bridgehead atoms. The molecule has 0 aliphatic rings. The fourth-order valence-electron chi connectivity index (χ4n) is 2.04. The summed E-state index contributed by atoms with van der Waals surface area (Å²) in [4.78, 5) is 21.7. The number of rotatable bonds is 5. The molecule has 0 N–H and O–H groups in total. The zero-order valence-electron chi connectivity index (χ0n) is 12.3. The number of fused-ring (bicyclic) bond motifs is 1. The van der Waals surface area contributed by atoms with Crippen molar-refractivity contribution < 1.29 is 0 Å². The molecule has 1 aromatic carbocycles. The predicted octanol–water partition coefficient (Wildman–Crippen LogP) is 3.80. The second kappa shape index (κ2) is 6.82. The molecule has 0 spiro atoms. The van der Waals surface area contributed by atoms with Gasteiger partial charge in [-0.25, -0.2) is 9.97 Å². The van der Waals surface area contributed by atoms with Gasteiger partial charge in [0.15, 0.2) is 9.50 Å². The van der Waals surface area contributed by atoms with Crippen LogP contribution in [-0.2, 0) is 13.0 Å². The average molecular weight is 365 g/mol. The van der Waals surface area contributed by atoms with Gasteiger partial charge in [0.2, 0.25) is 0 Å². The van der Waals surface area contributed by atoms with Crippen LogP contribution < -0.4 is 5.56 Å². The molecule has 5 nitrogen and oxygen atoms in total. The van der Waals surface area contributed by atoms with Gasteiger partial charge in [-0.3, -0.25) is 9.36 Å². The van der Waals surface area contributed by atoms with Crippen LogP contribution >= 0.6 is 34.9 Å². The zero-order chi connectivity index (χ0) is 16.4. The molecule has 0 saturated carbocycles. The van der Waals surface area contributed by atoms with E-state index < -0.39 is 0 Å². The minimum Gasteiger partial charge on any atom is -0.283 e. The monoisotopic (exact) mass is 364 g/mol. The first kappa shape index (κ1) is 16.2. The van der Waals surface area contributed by atoms with Crippen molar-refractivity contribution in [1.29, 1.82) is 0 Å². The van der Waals surface area contributed by atoms with Crippen LogP contribution in [0.2, 0.25) is 5.02 Å². The SMILES string of the molecule is C=CCn1c(Sc2nc(CC)ns2)nc2cc(Cl)ccc2c1=O. The van der Waals surface area contributed by atoms with E-state index >= 15 is 0 Å². The van der Waals surface area contributed by atoms with Gasteiger partial charge in [-0.1, -0.05) is 24.6 Å². The Bertz CT molecular complexity index is 935. The molecule has 23 heavy (non-hydrogen) atoms. The summed E-state index contributed by atoms with van der Waals surface area (Å²) in [7, 11) is 0. The molecule has 0 fully saturated rings. The van der Waals surface area contributed by atoms with Crippen LogP contribution in [0.4, 0.5) is 0 Å². The normalized spacial score (nSPS) is 11.0. The molecule has 3 rings (SSSR count).